The lowest BCUT2D eigenvalue weighted by atomic mass is 9.90. The van der Waals surface area contributed by atoms with Gasteiger partial charge in [-0.2, -0.15) is 0 Å². The second kappa shape index (κ2) is 12.0. The number of esters is 1. The fourth-order valence-corrected chi connectivity index (χ4v) is 7.79. The Bertz CT molecular complexity index is 1900. The number of aliphatic imine (C=N–C) groups is 1. The number of ether oxygens (including phenoxy) is 2. The number of rotatable bonds is 6. The maximum Gasteiger partial charge on any atom is 0.302 e. The van der Waals surface area contributed by atoms with Crippen molar-refractivity contribution < 1.29 is 19.1 Å². The highest BCUT2D eigenvalue weighted by molar-refractivity contribution is 6.07. The van der Waals surface area contributed by atoms with Gasteiger partial charge in [0.1, 0.15) is 18.0 Å². The van der Waals surface area contributed by atoms with Crippen LogP contribution in [0.5, 0.6) is 0 Å². The first kappa shape index (κ1) is 31.2. The molecule has 0 saturated carbocycles. The zero-order valence-corrected chi connectivity index (χ0v) is 28.0. The molecule has 246 valence electrons. The van der Waals surface area contributed by atoms with Crippen LogP contribution in [-0.2, 0) is 47.3 Å². The highest BCUT2D eigenvalue weighted by Crippen LogP contribution is 2.41. The number of hydrogen-bond donors (Lipinski definition) is 0. The number of carbonyl (C=O) groups excluding carboxylic acids is 2. The second-order valence-electron chi connectivity index (χ2n) is 14.0. The Labute approximate surface area is 275 Å². The minimum absolute atomic E-state index is 0.0108. The van der Waals surface area contributed by atoms with Gasteiger partial charge in [0.2, 0.25) is 0 Å². The van der Waals surface area contributed by atoms with Gasteiger partial charge in [-0.05, 0) is 60.1 Å². The fourth-order valence-electron chi connectivity index (χ4n) is 7.79. The van der Waals surface area contributed by atoms with E-state index in [4.69, 9.17) is 14.5 Å². The highest BCUT2D eigenvalue weighted by atomic mass is 16.5. The molecule has 1 saturated heterocycles. The molecule has 0 spiro atoms. The van der Waals surface area contributed by atoms with E-state index in [2.05, 4.69) is 42.4 Å². The van der Waals surface area contributed by atoms with E-state index in [0.717, 1.165) is 54.8 Å². The largest absolute Gasteiger partial charge is 0.461 e. The monoisotopic (exact) mass is 637 g/mol. The molecule has 4 aliphatic rings. The van der Waals surface area contributed by atoms with Gasteiger partial charge in [0.25, 0.3) is 11.5 Å². The maximum atomic E-state index is 14.1. The number of morpholine rings is 1. The van der Waals surface area contributed by atoms with Crippen molar-refractivity contribution in [2.24, 2.45) is 17.5 Å². The summed E-state index contributed by atoms with van der Waals surface area (Å²) < 4.78 is 15.0. The minimum atomic E-state index is -0.409. The molecule has 2 aromatic heterocycles. The van der Waals surface area contributed by atoms with E-state index in [1.807, 2.05) is 24.3 Å². The van der Waals surface area contributed by atoms with E-state index in [9.17, 15) is 14.4 Å². The van der Waals surface area contributed by atoms with Crippen molar-refractivity contribution in [3.8, 4) is 11.1 Å². The molecular formula is C37H43N5O5. The summed E-state index contributed by atoms with van der Waals surface area (Å²) in [5, 5.41) is 0. The van der Waals surface area contributed by atoms with E-state index in [0.29, 0.717) is 55.0 Å². The third-order valence-corrected chi connectivity index (χ3v) is 10.0. The van der Waals surface area contributed by atoms with Crippen LogP contribution in [0.15, 0.2) is 58.1 Å². The van der Waals surface area contributed by atoms with Crippen LogP contribution < -0.4 is 10.5 Å². The molecule has 47 heavy (non-hydrogen) atoms. The molecule has 1 atom stereocenters. The van der Waals surface area contributed by atoms with Crippen molar-refractivity contribution in [3.05, 3.63) is 81.2 Å². The van der Waals surface area contributed by atoms with Crippen molar-refractivity contribution >= 4 is 29.0 Å². The third-order valence-electron chi connectivity index (χ3n) is 10.0. The summed E-state index contributed by atoms with van der Waals surface area (Å²) >= 11 is 0. The van der Waals surface area contributed by atoms with Gasteiger partial charge < -0.3 is 28.4 Å². The summed E-state index contributed by atoms with van der Waals surface area (Å²) in [5.74, 6) is -0.471. The first-order chi connectivity index (χ1) is 22.5. The van der Waals surface area contributed by atoms with Crippen LogP contribution in [-0.4, -0.2) is 64.0 Å². The molecule has 1 aliphatic carbocycles. The van der Waals surface area contributed by atoms with E-state index >= 15 is 0 Å². The number of pyridine rings is 1. The van der Waals surface area contributed by atoms with Gasteiger partial charge in [0.15, 0.2) is 0 Å². The van der Waals surface area contributed by atoms with E-state index in [-0.39, 0.29) is 23.5 Å². The second-order valence-corrected chi connectivity index (χ2v) is 14.0. The maximum absolute atomic E-state index is 14.1. The van der Waals surface area contributed by atoms with E-state index < -0.39 is 5.97 Å². The number of allylic oxidation sites excluding steroid dienone is 1. The average molecular weight is 638 g/mol. The van der Waals surface area contributed by atoms with Crippen molar-refractivity contribution in [1.29, 1.82) is 0 Å². The van der Waals surface area contributed by atoms with Crippen molar-refractivity contribution in [2.75, 3.05) is 31.2 Å². The summed E-state index contributed by atoms with van der Waals surface area (Å²) in [4.78, 5) is 48.6. The Kier molecular flexibility index (Phi) is 7.94. The van der Waals surface area contributed by atoms with Crippen LogP contribution in [0.25, 0.3) is 11.1 Å². The van der Waals surface area contributed by atoms with Crippen molar-refractivity contribution in [3.63, 3.8) is 0 Å². The Morgan fingerprint density at radius 2 is 1.96 bits per heavy atom. The lowest BCUT2D eigenvalue weighted by Crippen LogP contribution is -2.45. The predicted molar refractivity (Wildman–Crippen MR) is 181 cm³/mol. The number of amides is 1. The van der Waals surface area contributed by atoms with Crippen LogP contribution in [0.2, 0.25) is 0 Å². The summed E-state index contributed by atoms with van der Waals surface area (Å²) in [6.07, 6.45) is 7.48. The Morgan fingerprint density at radius 3 is 2.74 bits per heavy atom. The summed E-state index contributed by atoms with van der Waals surface area (Å²) in [6, 6.07) is 9.96. The number of fused-ring (bicyclic) bond motifs is 4. The van der Waals surface area contributed by atoms with E-state index in [1.165, 1.54) is 18.2 Å². The number of nitrogens with zero attached hydrogens (tertiary/aromatic N) is 5. The molecule has 1 aromatic carbocycles. The predicted octanol–water partition coefficient (Wildman–Crippen LogP) is 5.17. The molecular weight excluding hydrogens is 594 g/mol. The zero-order chi connectivity index (χ0) is 33.0. The average Bonchev–Trinajstić information content (AvgIpc) is 3.53. The first-order valence-electron chi connectivity index (χ1n) is 16.6. The lowest BCUT2D eigenvalue weighted by molar-refractivity contribution is -0.142. The van der Waals surface area contributed by atoms with Crippen LogP contribution in [0.4, 0.5) is 11.4 Å². The molecule has 10 heteroatoms. The quantitative estimate of drug-likeness (QED) is 0.346. The van der Waals surface area contributed by atoms with Crippen LogP contribution in [0.1, 0.15) is 67.8 Å². The third kappa shape index (κ3) is 5.73. The number of benzene rings is 1. The Morgan fingerprint density at radius 1 is 1.13 bits per heavy atom. The van der Waals surface area contributed by atoms with Gasteiger partial charge >= 0.3 is 5.97 Å². The molecule has 5 heterocycles. The SMILES string of the molecule is CCC1CC(=Nc2cc(-c3cccc(N4CCn5c(cc6c5CC(C)(C)C6)C4=O)c3COC(C)=O)cn(C)c2=O)C=C2COCCN21. The lowest BCUT2D eigenvalue weighted by Gasteiger charge is -2.41. The molecule has 1 fully saturated rings. The van der Waals surface area contributed by atoms with Gasteiger partial charge in [-0.25, -0.2) is 4.99 Å². The highest BCUT2D eigenvalue weighted by Gasteiger charge is 2.37. The zero-order valence-electron chi connectivity index (χ0n) is 28.0. The van der Waals surface area contributed by atoms with Gasteiger partial charge in [-0.15, -0.1) is 0 Å². The smallest absolute Gasteiger partial charge is 0.302 e. The summed E-state index contributed by atoms with van der Waals surface area (Å²) in [6.45, 7) is 11.4. The Balaban J connectivity index is 1.28. The molecule has 0 radical (unpaired) electrons. The Hall–Kier alpha value is -4.44. The van der Waals surface area contributed by atoms with Crippen LogP contribution in [0.3, 0.4) is 0 Å². The van der Waals surface area contributed by atoms with Crippen LogP contribution >= 0.6 is 0 Å². The summed E-state index contributed by atoms with van der Waals surface area (Å²) in [5.41, 5.74) is 8.47. The molecule has 3 aromatic rings. The molecule has 3 aliphatic heterocycles. The van der Waals surface area contributed by atoms with Gasteiger partial charge in [0.05, 0.1) is 18.9 Å². The van der Waals surface area contributed by atoms with Crippen LogP contribution in [0, 0.1) is 5.41 Å². The van der Waals surface area contributed by atoms with Gasteiger partial charge in [-0.1, -0.05) is 32.9 Å². The molecule has 7 rings (SSSR count). The molecule has 1 amide bonds. The fraction of sp³-hybridized carbons (Fsp3) is 0.459. The molecule has 0 bridgehead atoms. The van der Waals surface area contributed by atoms with Gasteiger partial charge in [-0.3, -0.25) is 14.4 Å². The topological polar surface area (TPSA) is 98.4 Å². The minimum Gasteiger partial charge on any atom is -0.461 e. The molecule has 0 N–H and O–H groups in total. The van der Waals surface area contributed by atoms with E-state index in [1.54, 1.807) is 22.7 Å². The number of anilines is 1. The number of aryl methyl sites for hydroxylation is 1. The number of hydrogen-bond acceptors (Lipinski definition) is 7. The van der Waals surface area contributed by atoms with Crippen molar-refractivity contribution in [1.82, 2.24) is 14.0 Å². The van der Waals surface area contributed by atoms with Gasteiger partial charge in [0, 0.05) is 80.5 Å². The standard InChI is InChI=1S/C37H43N5O5/c1-6-27-16-26(17-28-21-46-13-12-40(27)28)38-31-14-25(20-39(5)35(31)44)29-8-7-9-32(30(29)22-47-23(2)43)42-11-10-41-33(36(42)45)15-24-18-37(3,4)19-34(24)41/h7-9,14-15,17,20,27H,6,10-13,16,18-19,21-22H2,1-5H3. The number of carbonyl (C=O) groups is 2. The normalized spacial score (nSPS) is 21.0. The molecule has 1 unspecified atom stereocenters. The summed E-state index contributed by atoms with van der Waals surface area (Å²) in [7, 11) is 1.72. The first-order valence-corrected chi connectivity index (χ1v) is 16.6. The number of aromatic nitrogens is 2. The van der Waals surface area contributed by atoms with Crippen molar-refractivity contribution in [2.45, 2.75) is 72.6 Å². The molecule has 10 nitrogen and oxygen atoms in total.